The molecule has 0 radical (unpaired) electrons. The number of nitrogens with zero attached hydrogens (tertiary/aromatic N) is 4. The molecule has 0 unspecified atom stereocenters. The smallest absolute Gasteiger partial charge is 0.491 e. The summed E-state index contributed by atoms with van der Waals surface area (Å²) >= 11 is 0. The fourth-order valence-corrected chi connectivity index (χ4v) is 4.05. The van der Waals surface area contributed by atoms with Crippen LogP contribution in [0.3, 0.4) is 0 Å². The lowest BCUT2D eigenvalue weighted by Crippen LogP contribution is -2.28. The molecule has 5 aromatic rings. The van der Waals surface area contributed by atoms with Crippen LogP contribution in [0.2, 0.25) is 0 Å². The summed E-state index contributed by atoms with van der Waals surface area (Å²) in [6.07, 6.45) is -2.16. The number of nitrogens with one attached hydrogen (secondary N) is 2. The number of ether oxygens (including phenoxy) is 3. The predicted molar refractivity (Wildman–Crippen MR) is 150 cm³/mol. The van der Waals surface area contributed by atoms with Gasteiger partial charge in [-0.1, -0.05) is 12.1 Å². The van der Waals surface area contributed by atoms with E-state index in [2.05, 4.69) is 30.4 Å². The third-order valence-corrected chi connectivity index (χ3v) is 6.13. The number of pyridine rings is 2. The predicted octanol–water partition coefficient (Wildman–Crippen LogP) is 5.05. The maximum atomic E-state index is 13.0. The maximum Gasteiger partial charge on any atom is 0.491 e. The minimum Gasteiger partial charge on any atom is -0.491 e. The van der Waals surface area contributed by atoms with Crippen molar-refractivity contribution >= 4 is 40.7 Å². The van der Waals surface area contributed by atoms with E-state index >= 15 is 0 Å². The normalized spacial score (nSPS) is 11.1. The van der Waals surface area contributed by atoms with Gasteiger partial charge < -0.3 is 24.8 Å². The van der Waals surface area contributed by atoms with Gasteiger partial charge in [0.1, 0.15) is 12.1 Å². The van der Waals surface area contributed by atoms with Crippen molar-refractivity contribution in [2.75, 3.05) is 24.9 Å². The average Bonchev–Trinajstić information content (AvgIpc) is 3.50. The molecule has 0 spiro atoms. The Labute approximate surface area is 246 Å². The summed E-state index contributed by atoms with van der Waals surface area (Å²) in [5.74, 6) is -3.38. The van der Waals surface area contributed by atoms with Gasteiger partial charge in [0.05, 0.1) is 25.5 Å². The van der Waals surface area contributed by atoms with Gasteiger partial charge in [-0.05, 0) is 60.2 Å². The van der Waals surface area contributed by atoms with Crippen molar-refractivity contribution in [1.82, 2.24) is 19.6 Å². The number of hydrogen-bond donors (Lipinski definition) is 2. The highest BCUT2D eigenvalue weighted by Gasteiger charge is 2.42. The Morgan fingerprint density at radius 1 is 0.886 bits per heavy atom. The summed E-state index contributed by atoms with van der Waals surface area (Å²) in [6.45, 7) is 0. The summed E-state index contributed by atoms with van der Waals surface area (Å²) < 4.78 is 52.9. The van der Waals surface area contributed by atoms with Crippen molar-refractivity contribution in [1.29, 1.82) is 0 Å². The molecule has 0 saturated carbocycles. The summed E-state index contributed by atoms with van der Waals surface area (Å²) in [4.78, 5) is 44.5. The first-order valence-electron chi connectivity index (χ1n) is 12.6. The second kappa shape index (κ2) is 12.1. The number of fused-ring (bicyclic) bond motifs is 1. The van der Waals surface area contributed by atoms with Crippen LogP contribution in [0.15, 0.2) is 79.3 Å². The summed E-state index contributed by atoms with van der Waals surface area (Å²) in [7, 11) is 2.99. The Kier molecular flexibility index (Phi) is 8.10. The molecule has 15 heteroatoms. The minimum absolute atomic E-state index is 0.247. The molecule has 3 heterocycles. The number of alkyl halides is 3. The fourth-order valence-electron chi connectivity index (χ4n) is 4.05. The van der Waals surface area contributed by atoms with Crippen LogP contribution in [0, 0.1) is 0 Å². The van der Waals surface area contributed by atoms with E-state index in [0.717, 1.165) is 12.1 Å². The van der Waals surface area contributed by atoms with Gasteiger partial charge in [0, 0.05) is 23.0 Å². The SMILES string of the molecule is COc1ccc(Nc2cc(-c3cccc(C(=O)Nc4ccc(C(=O)OC(=O)C(F)(F)F)cc4)c3)cn3ncnc23)nc1OC. The van der Waals surface area contributed by atoms with Crippen LogP contribution in [0.1, 0.15) is 20.7 Å². The zero-order chi connectivity index (χ0) is 31.4. The number of carbonyl (C=O) groups excluding carboxylic acids is 3. The standard InChI is InChI=1S/C29H21F3N6O6/c1-42-22-10-11-23(37-26(22)43-2)36-21-13-19(14-38-24(21)33-15-34-38)17-4-3-5-18(12-17)25(39)35-20-8-6-16(7-9-20)27(40)44-28(41)29(30,31)32/h3-15H,1-2H3,(H,35,39)(H,36,37). The lowest BCUT2D eigenvalue weighted by atomic mass is 10.0. The number of amides is 1. The molecule has 0 aliphatic carbocycles. The second-order valence-electron chi connectivity index (χ2n) is 8.99. The van der Waals surface area contributed by atoms with E-state index in [0.29, 0.717) is 34.0 Å². The first-order chi connectivity index (χ1) is 21.0. The van der Waals surface area contributed by atoms with E-state index in [1.807, 2.05) is 6.07 Å². The van der Waals surface area contributed by atoms with E-state index in [-0.39, 0.29) is 22.7 Å². The van der Waals surface area contributed by atoms with Crippen LogP contribution in [0.25, 0.3) is 16.8 Å². The number of benzene rings is 2. The molecule has 0 fully saturated rings. The van der Waals surface area contributed by atoms with Crippen molar-refractivity contribution in [3.8, 4) is 22.8 Å². The number of methoxy groups -OCH3 is 2. The minimum atomic E-state index is -5.31. The van der Waals surface area contributed by atoms with Crippen molar-refractivity contribution < 1.29 is 41.8 Å². The van der Waals surface area contributed by atoms with Gasteiger partial charge in [-0.15, -0.1) is 0 Å². The molecule has 12 nitrogen and oxygen atoms in total. The van der Waals surface area contributed by atoms with Crippen LogP contribution >= 0.6 is 0 Å². The largest absolute Gasteiger partial charge is 0.491 e. The first kappa shape index (κ1) is 29.5. The van der Waals surface area contributed by atoms with E-state index in [1.54, 1.807) is 47.1 Å². The highest BCUT2D eigenvalue weighted by molar-refractivity contribution is 6.05. The highest BCUT2D eigenvalue weighted by Crippen LogP contribution is 2.31. The molecule has 0 aliphatic heterocycles. The molecule has 3 aromatic heterocycles. The van der Waals surface area contributed by atoms with Gasteiger partial charge >= 0.3 is 18.1 Å². The molecule has 0 atom stereocenters. The maximum absolute atomic E-state index is 13.0. The van der Waals surface area contributed by atoms with Gasteiger partial charge in [0.25, 0.3) is 11.8 Å². The Hall–Kier alpha value is -5.99. The Balaban J connectivity index is 1.35. The fraction of sp³-hybridized carbons (Fsp3) is 0.103. The number of rotatable bonds is 8. The Bertz CT molecular complexity index is 1870. The van der Waals surface area contributed by atoms with E-state index in [9.17, 15) is 27.6 Å². The summed E-state index contributed by atoms with van der Waals surface area (Å²) in [5.41, 5.74) is 2.69. The van der Waals surface area contributed by atoms with Crippen LogP contribution in [-0.2, 0) is 9.53 Å². The third-order valence-electron chi connectivity index (χ3n) is 6.13. The van der Waals surface area contributed by atoms with E-state index < -0.39 is 24.0 Å². The topological polar surface area (TPSA) is 146 Å². The van der Waals surface area contributed by atoms with Gasteiger partial charge in [0.2, 0.25) is 0 Å². The van der Waals surface area contributed by atoms with Crippen LogP contribution in [-0.4, -0.2) is 57.8 Å². The van der Waals surface area contributed by atoms with Crippen LogP contribution < -0.4 is 20.1 Å². The molecular formula is C29H21F3N6O6. The lowest BCUT2D eigenvalue weighted by molar-refractivity contribution is -0.193. The van der Waals surface area contributed by atoms with Crippen molar-refractivity contribution in [3.05, 3.63) is 90.4 Å². The molecule has 0 aliphatic rings. The zero-order valence-corrected chi connectivity index (χ0v) is 22.9. The van der Waals surface area contributed by atoms with E-state index in [1.165, 1.54) is 32.7 Å². The van der Waals surface area contributed by atoms with Crippen molar-refractivity contribution in [2.24, 2.45) is 0 Å². The van der Waals surface area contributed by atoms with Gasteiger partial charge in [-0.25, -0.2) is 19.1 Å². The Morgan fingerprint density at radius 3 is 2.36 bits per heavy atom. The molecule has 224 valence electrons. The highest BCUT2D eigenvalue weighted by atomic mass is 19.4. The number of anilines is 3. The van der Waals surface area contributed by atoms with E-state index in [4.69, 9.17) is 9.47 Å². The molecule has 44 heavy (non-hydrogen) atoms. The summed E-state index contributed by atoms with van der Waals surface area (Å²) in [6, 6.07) is 16.8. The molecular weight excluding hydrogens is 585 g/mol. The number of halogens is 3. The zero-order valence-electron chi connectivity index (χ0n) is 22.9. The number of aromatic nitrogens is 4. The average molecular weight is 607 g/mol. The summed E-state index contributed by atoms with van der Waals surface area (Å²) in [5, 5.41) is 10.1. The molecule has 0 bridgehead atoms. The molecule has 0 saturated heterocycles. The van der Waals surface area contributed by atoms with Crippen molar-refractivity contribution in [3.63, 3.8) is 0 Å². The molecule has 2 aromatic carbocycles. The van der Waals surface area contributed by atoms with Gasteiger partial charge in [-0.2, -0.15) is 23.3 Å². The van der Waals surface area contributed by atoms with Gasteiger partial charge in [0.15, 0.2) is 11.4 Å². The van der Waals surface area contributed by atoms with Crippen LogP contribution in [0.5, 0.6) is 11.6 Å². The second-order valence-corrected chi connectivity index (χ2v) is 8.99. The van der Waals surface area contributed by atoms with Gasteiger partial charge in [-0.3, -0.25) is 4.79 Å². The monoisotopic (exact) mass is 606 g/mol. The Morgan fingerprint density at radius 2 is 1.66 bits per heavy atom. The lowest BCUT2D eigenvalue weighted by Gasteiger charge is -2.12. The number of carbonyl (C=O) groups is 3. The van der Waals surface area contributed by atoms with Crippen LogP contribution in [0.4, 0.5) is 30.4 Å². The quantitative estimate of drug-likeness (QED) is 0.182. The first-order valence-corrected chi connectivity index (χ1v) is 12.6. The molecule has 5 rings (SSSR count). The number of hydrogen-bond acceptors (Lipinski definition) is 10. The number of esters is 2. The molecule has 1 amide bonds. The molecule has 2 N–H and O–H groups in total. The third kappa shape index (κ3) is 6.41. The van der Waals surface area contributed by atoms with Crippen molar-refractivity contribution in [2.45, 2.75) is 6.18 Å².